The summed E-state index contributed by atoms with van der Waals surface area (Å²) in [6.45, 7) is 1.89. The molecule has 1 saturated heterocycles. The third-order valence-electron chi connectivity index (χ3n) is 5.95. The summed E-state index contributed by atoms with van der Waals surface area (Å²) in [5, 5.41) is 12.4. The van der Waals surface area contributed by atoms with E-state index in [1.54, 1.807) is 66.7 Å². The molecule has 1 atom stereocenters. The molecule has 1 fully saturated rings. The van der Waals surface area contributed by atoms with E-state index >= 15 is 0 Å². The minimum Gasteiger partial charge on any atom is -0.368 e. The second-order valence-electron chi connectivity index (χ2n) is 8.04. The van der Waals surface area contributed by atoms with E-state index in [1.165, 1.54) is 6.07 Å². The molecular weight excluding hydrogens is 456 g/mol. The van der Waals surface area contributed by atoms with Gasteiger partial charge in [0.1, 0.15) is 11.7 Å². The van der Waals surface area contributed by atoms with Gasteiger partial charge in [-0.15, -0.1) is 0 Å². The topological polar surface area (TPSA) is 110 Å². The Bertz CT molecular complexity index is 1210. The lowest BCUT2D eigenvalue weighted by atomic mass is 10.0. The van der Waals surface area contributed by atoms with E-state index in [2.05, 4.69) is 0 Å². The molecule has 3 aromatic rings. The molecule has 1 aliphatic heterocycles. The Morgan fingerprint density at radius 3 is 2.15 bits per heavy atom. The number of piperazine rings is 1. The van der Waals surface area contributed by atoms with Crippen molar-refractivity contribution >= 4 is 34.7 Å². The van der Waals surface area contributed by atoms with Gasteiger partial charge in [0.05, 0.1) is 4.92 Å². The second kappa shape index (κ2) is 10.0. The maximum atomic E-state index is 12.8. The number of nitro groups is 1. The van der Waals surface area contributed by atoms with E-state index in [1.807, 2.05) is 9.80 Å². The van der Waals surface area contributed by atoms with Gasteiger partial charge in [0.25, 0.3) is 5.69 Å². The lowest BCUT2D eigenvalue weighted by Crippen LogP contribution is -2.50. The highest BCUT2D eigenvalue weighted by Gasteiger charge is 2.31. The number of anilines is 1. The van der Waals surface area contributed by atoms with Crippen LogP contribution >= 0.6 is 11.6 Å². The summed E-state index contributed by atoms with van der Waals surface area (Å²) in [7, 11) is 0. The molecule has 0 bridgehead atoms. The van der Waals surface area contributed by atoms with Crippen molar-refractivity contribution in [3.63, 3.8) is 0 Å². The molecule has 0 aromatic heterocycles. The number of halogens is 1. The predicted octanol–water partition coefficient (Wildman–Crippen LogP) is 3.83. The van der Waals surface area contributed by atoms with Crippen LogP contribution in [0.15, 0.2) is 72.8 Å². The van der Waals surface area contributed by atoms with Crippen LogP contribution in [0.3, 0.4) is 0 Å². The number of carbonyl (C=O) groups excluding carboxylic acids is 2. The van der Waals surface area contributed by atoms with Gasteiger partial charge in [0, 0.05) is 48.4 Å². The lowest BCUT2D eigenvalue weighted by Gasteiger charge is -2.39. The van der Waals surface area contributed by atoms with Gasteiger partial charge in [-0.2, -0.15) is 0 Å². The number of primary amides is 1. The van der Waals surface area contributed by atoms with Crippen LogP contribution in [0, 0.1) is 10.1 Å². The Morgan fingerprint density at radius 2 is 1.56 bits per heavy atom. The predicted molar refractivity (Wildman–Crippen MR) is 130 cm³/mol. The van der Waals surface area contributed by atoms with E-state index < -0.39 is 16.9 Å². The van der Waals surface area contributed by atoms with Gasteiger partial charge in [-0.05, 0) is 29.8 Å². The van der Waals surface area contributed by atoms with Gasteiger partial charge in [-0.3, -0.25) is 24.6 Å². The summed E-state index contributed by atoms with van der Waals surface area (Å²) in [6, 6.07) is 19.6. The highest BCUT2D eigenvalue weighted by Crippen LogP contribution is 2.32. The molecular formula is C25H23ClN4O4. The molecule has 0 radical (unpaired) electrons. The van der Waals surface area contributed by atoms with Crippen molar-refractivity contribution in [1.82, 2.24) is 4.90 Å². The number of nitrogens with zero attached hydrogens (tertiary/aromatic N) is 3. The van der Waals surface area contributed by atoms with E-state index in [0.717, 1.165) is 5.56 Å². The van der Waals surface area contributed by atoms with Gasteiger partial charge < -0.3 is 10.6 Å². The van der Waals surface area contributed by atoms with E-state index in [0.29, 0.717) is 42.5 Å². The Hall–Kier alpha value is -3.75. The van der Waals surface area contributed by atoms with Gasteiger partial charge in [0.2, 0.25) is 5.91 Å². The number of nitrogens with two attached hydrogens (primary N) is 1. The molecule has 8 nitrogen and oxygen atoms in total. The second-order valence-corrected chi connectivity index (χ2v) is 8.47. The zero-order valence-electron chi connectivity index (χ0n) is 18.3. The number of nitro benzene ring substituents is 1. The summed E-state index contributed by atoms with van der Waals surface area (Å²) in [5.41, 5.74) is 7.49. The molecule has 0 spiro atoms. The van der Waals surface area contributed by atoms with Crippen molar-refractivity contribution in [3.05, 3.63) is 105 Å². The number of hydrogen-bond acceptors (Lipinski definition) is 6. The molecule has 1 unspecified atom stereocenters. The first-order chi connectivity index (χ1) is 16.3. The van der Waals surface area contributed by atoms with Crippen molar-refractivity contribution in [2.24, 2.45) is 5.73 Å². The third-order valence-corrected chi connectivity index (χ3v) is 6.20. The smallest absolute Gasteiger partial charge is 0.293 e. The first kappa shape index (κ1) is 23.4. The molecule has 3 aromatic carbocycles. The lowest BCUT2D eigenvalue weighted by molar-refractivity contribution is -0.384. The zero-order valence-corrected chi connectivity index (χ0v) is 19.0. The van der Waals surface area contributed by atoms with Crippen LogP contribution in [-0.4, -0.2) is 47.7 Å². The molecule has 0 aliphatic carbocycles. The van der Waals surface area contributed by atoms with E-state index in [9.17, 15) is 19.7 Å². The molecule has 2 N–H and O–H groups in total. The SMILES string of the molecule is NC(=O)C(c1ccc(Cl)cc1)N1CCN(c2ccc(C(=O)c3ccccc3)cc2[N+](=O)[O-])CC1. The number of benzene rings is 3. The molecule has 1 amide bonds. The fourth-order valence-corrected chi connectivity index (χ4v) is 4.38. The monoisotopic (exact) mass is 478 g/mol. The molecule has 0 saturated carbocycles. The van der Waals surface area contributed by atoms with Gasteiger partial charge >= 0.3 is 0 Å². The summed E-state index contributed by atoms with van der Waals surface area (Å²) >= 11 is 5.96. The molecule has 4 rings (SSSR count). The van der Waals surface area contributed by atoms with Crippen LogP contribution < -0.4 is 10.6 Å². The van der Waals surface area contributed by atoms with Gasteiger partial charge in [-0.25, -0.2) is 0 Å². The number of amides is 1. The Morgan fingerprint density at radius 1 is 0.912 bits per heavy atom. The Labute approximate surface area is 201 Å². The standard InChI is InChI=1S/C25H23ClN4O4/c26-20-9-6-17(7-10-20)23(25(27)32)29-14-12-28(13-15-29)21-11-8-19(16-22(21)30(33)34)24(31)18-4-2-1-3-5-18/h1-11,16,23H,12-15H2,(H2,27,32). The number of carbonyl (C=O) groups is 2. The van der Waals surface area contributed by atoms with E-state index in [4.69, 9.17) is 17.3 Å². The van der Waals surface area contributed by atoms with Crippen LogP contribution in [-0.2, 0) is 4.79 Å². The van der Waals surface area contributed by atoms with Crippen LogP contribution in [0.25, 0.3) is 0 Å². The van der Waals surface area contributed by atoms with Crippen molar-refractivity contribution in [2.75, 3.05) is 31.1 Å². The average molecular weight is 479 g/mol. The first-order valence-electron chi connectivity index (χ1n) is 10.8. The number of ketones is 1. The van der Waals surface area contributed by atoms with Crippen LogP contribution in [0.2, 0.25) is 5.02 Å². The third kappa shape index (κ3) is 4.93. The van der Waals surface area contributed by atoms with Gasteiger partial charge in [0.15, 0.2) is 5.78 Å². The Kier molecular flexibility index (Phi) is 6.90. The minimum absolute atomic E-state index is 0.126. The quantitative estimate of drug-likeness (QED) is 0.314. The molecule has 174 valence electrons. The Balaban J connectivity index is 1.53. The number of rotatable bonds is 7. The highest BCUT2D eigenvalue weighted by atomic mass is 35.5. The fourth-order valence-electron chi connectivity index (χ4n) is 4.26. The molecule has 9 heteroatoms. The summed E-state index contributed by atoms with van der Waals surface area (Å²) in [5.74, 6) is -0.738. The highest BCUT2D eigenvalue weighted by molar-refractivity contribution is 6.30. The van der Waals surface area contributed by atoms with Gasteiger partial charge in [-0.1, -0.05) is 54.1 Å². The summed E-state index contributed by atoms with van der Waals surface area (Å²) < 4.78 is 0. The van der Waals surface area contributed by atoms with Crippen molar-refractivity contribution in [3.8, 4) is 0 Å². The fraction of sp³-hybridized carbons (Fsp3) is 0.200. The van der Waals surface area contributed by atoms with Crippen LogP contribution in [0.1, 0.15) is 27.5 Å². The zero-order chi connectivity index (χ0) is 24.2. The number of hydrogen-bond donors (Lipinski definition) is 1. The average Bonchev–Trinajstić information content (AvgIpc) is 2.85. The maximum Gasteiger partial charge on any atom is 0.293 e. The normalized spacial score (nSPS) is 15.0. The van der Waals surface area contributed by atoms with Crippen LogP contribution in [0.4, 0.5) is 11.4 Å². The molecule has 1 heterocycles. The summed E-state index contributed by atoms with van der Waals surface area (Å²) in [4.78, 5) is 40.2. The summed E-state index contributed by atoms with van der Waals surface area (Å²) in [6.07, 6.45) is 0. The maximum absolute atomic E-state index is 12.8. The van der Waals surface area contributed by atoms with Crippen molar-refractivity contribution in [1.29, 1.82) is 0 Å². The van der Waals surface area contributed by atoms with Crippen LogP contribution in [0.5, 0.6) is 0 Å². The first-order valence-corrected chi connectivity index (χ1v) is 11.1. The van der Waals surface area contributed by atoms with Crippen molar-refractivity contribution < 1.29 is 14.5 Å². The molecule has 1 aliphatic rings. The van der Waals surface area contributed by atoms with E-state index in [-0.39, 0.29) is 17.0 Å². The minimum atomic E-state index is -0.611. The van der Waals surface area contributed by atoms with Crippen molar-refractivity contribution in [2.45, 2.75) is 6.04 Å². The molecule has 34 heavy (non-hydrogen) atoms. The largest absolute Gasteiger partial charge is 0.368 e.